The standard InChI is InChI=1S/C34H48N2O/c1-10-31(26-13-11-12-14-32(26)37)36-34-29(22(6)7)18-25(19-30(34)23(8)9)15-24-16-27(20(2)3)33(35)28(17-24)21(4)5/h11-14,16-23,31,36-37H,10,15,35H2,1-9H3. The smallest absolute Gasteiger partial charge is 0.120 e. The van der Waals surface area contributed by atoms with Gasteiger partial charge in [0.15, 0.2) is 0 Å². The van der Waals surface area contributed by atoms with Gasteiger partial charge in [-0.05, 0) is 76.0 Å². The highest BCUT2D eigenvalue weighted by molar-refractivity contribution is 5.64. The number of phenolic OH excluding ortho intramolecular Hbond substituents is 1. The Morgan fingerprint density at radius 1 is 0.676 bits per heavy atom. The SMILES string of the molecule is CCC(Nc1c(C(C)C)cc(Cc2cc(C(C)C)c(N)c(C(C)C)c2)cc1C(C)C)c1ccccc1O. The quantitative estimate of drug-likeness (QED) is 0.243. The van der Waals surface area contributed by atoms with Gasteiger partial charge in [0.1, 0.15) is 5.75 Å². The minimum absolute atomic E-state index is 0.0429. The molecule has 4 N–H and O–H groups in total. The molecule has 0 heterocycles. The van der Waals surface area contributed by atoms with Crippen molar-refractivity contribution in [3.63, 3.8) is 0 Å². The second kappa shape index (κ2) is 12.1. The lowest BCUT2D eigenvalue weighted by Crippen LogP contribution is -2.15. The predicted octanol–water partition coefficient (Wildman–Crippen LogP) is 9.62. The van der Waals surface area contributed by atoms with Crippen molar-refractivity contribution < 1.29 is 5.11 Å². The summed E-state index contributed by atoms with van der Waals surface area (Å²) in [6, 6.07) is 17.1. The maximum Gasteiger partial charge on any atom is 0.120 e. The van der Waals surface area contributed by atoms with E-state index in [1.165, 1.54) is 39.1 Å². The minimum atomic E-state index is 0.0429. The summed E-state index contributed by atoms with van der Waals surface area (Å²) in [5.41, 5.74) is 17.5. The van der Waals surface area contributed by atoms with Crippen molar-refractivity contribution >= 4 is 11.4 Å². The van der Waals surface area contributed by atoms with Gasteiger partial charge < -0.3 is 16.2 Å². The first-order valence-corrected chi connectivity index (χ1v) is 14.1. The van der Waals surface area contributed by atoms with Crippen LogP contribution < -0.4 is 11.1 Å². The highest BCUT2D eigenvalue weighted by atomic mass is 16.3. The minimum Gasteiger partial charge on any atom is -0.508 e. The van der Waals surface area contributed by atoms with Crippen LogP contribution in [0.1, 0.15) is 137 Å². The first-order chi connectivity index (χ1) is 17.4. The summed E-state index contributed by atoms with van der Waals surface area (Å²) in [4.78, 5) is 0. The van der Waals surface area contributed by atoms with Crippen LogP contribution in [0.5, 0.6) is 5.75 Å². The maximum absolute atomic E-state index is 10.5. The number of phenols is 1. The summed E-state index contributed by atoms with van der Waals surface area (Å²) in [6.07, 6.45) is 1.77. The van der Waals surface area contributed by atoms with Crippen molar-refractivity contribution in [2.24, 2.45) is 0 Å². The van der Waals surface area contributed by atoms with Crippen LogP contribution in [-0.4, -0.2) is 5.11 Å². The Morgan fingerprint density at radius 2 is 1.11 bits per heavy atom. The van der Waals surface area contributed by atoms with Crippen molar-refractivity contribution in [2.45, 2.75) is 105 Å². The topological polar surface area (TPSA) is 58.3 Å². The first-order valence-electron chi connectivity index (χ1n) is 14.1. The Morgan fingerprint density at radius 3 is 1.51 bits per heavy atom. The molecule has 37 heavy (non-hydrogen) atoms. The summed E-state index contributed by atoms with van der Waals surface area (Å²) in [5, 5.41) is 14.4. The molecule has 0 saturated heterocycles. The molecule has 1 unspecified atom stereocenters. The van der Waals surface area contributed by atoms with Crippen molar-refractivity contribution in [2.75, 3.05) is 11.1 Å². The van der Waals surface area contributed by atoms with Gasteiger partial charge in [-0.15, -0.1) is 0 Å². The van der Waals surface area contributed by atoms with Crippen LogP contribution in [0.15, 0.2) is 48.5 Å². The van der Waals surface area contributed by atoms with E-state index >= 15 is 0 Å². The van der Waals surface area contributed by atoms with Gasteiger partial charge in [-0.1, -0.05) is 105 Å². The van der Waals surface area contributed by atoms with Gasteiger partial charge in [0.05, 0.1) is 6.04 Å². The molecular weight excluding hydrogens is 452 g/mol. The summed E-state index contributed by atoms with van der Waals surface area (Å²) in [6.45, 7) is 20.1. The fourth-order valence-corrected chi connectivity index (χ4v) is 5.34. The van der Waals surface area contributed by atoms with E-state index in [9.17, 15) is 5.11 Å². The van der Waals surface area contributed by atoms with Crippen LogP contribution in [0.4, 0.5) is 11.4 Å². The Hall–Kier alpha value is -2.94. The molecule has 0 spiro atoms. The zero-order valence-corrected chi connectivity index (χ0v) is 24.4. The predicted molar refractivity (Wildman–Crippen MR) is 161 cm³/mol. The molecule has 0 amide bonds. The third-order valence-corrected chi connectivity index (χ3v) is 7.50. The molecule has 200 valence electrons. The lowest BCUT2D eigenvalue weighted by Gasteiger charge is -2.27. The fraction of sp³-hybridized carbons (Fsp3) is 0.471. The number of aromatic hydroxyl groups is 1. The normalized spacial score (nSPS) is 12.7. The lowest BCUT2D eigenvalue weighted by atomic mass is 9.86. The largest absolute Gasteiger partial charge is 0.508 e. The van der Waals surface area contributed by atoms with Crippen molar-refractivity contribution in [3.05, 3.63) is 87.5 Å². The molecule has 0 aliphatic heterocycles. The monoisotopic (exact) mass is 500 g/mol. The van der Waals surface area contributed by atoms with E-state index in [0.717, 1.165) is 24.1 Å². The Balaban J connectivity index is 2.10. The van der Waals surface area contributed by atoms with Crippen molar-refractivity contribution in [1.82, 2.24) is 0 Å². The Bertz CT molecular complexity index is 1150. The van der Waals surface area contributed by atoms with E-state index in [1.54, 1.807) is 6.07 Å². The molecule has 0 aliphatic rings. The molecule has 3 heteroatoms. The highest BCUT2D eigenvalue weighted by Crippen LogP contribution is 2.39. The number of benzene rings is 3. The van der Waals surface area contributed by atoms with Crippen molar-refractivity contribution in [3.8, 4) is 5.75 Å². The molecule has 3 aromatic rings. The average Bonchev–Trinajstić information content (AvgIpc) is 2.83. The van der Waals surface area contributed by atoms with E-state index in [-0.39, 0.29) is 6.04 Å². The number of nitrogens with two attached hydrogens (primary N) is 1. The summed E-state index contributed by atoms with van der Waals surface area (Å²) < 4.78 is 0. The summed E-state index contributed by atoms with van der Waals surface area (Å²) in [7, 11) is 0. The molecular formula is C34H48N2O. The zero-order valence-electron chi connectivity index (χ0n) is 24.4. The molecule has 0 saturated carbocycles. The summed E-state index contributed by atoms with van der Waals surface area (Å²) >= 11 is 0. The van der Waals surface area contributed by atoms with E-state index in [2.05, 4.69) is 91.9 Å². The second-order valence-electron chi connectivity index (χ2n) is 11.8. The third kappa shape index (κ3) is 6.50. The molecule has 3 aromatic carbocycles. The van der Waals surface area contributed by atoms with Crippen molar-refractivity contribution in [1.29, 1.82) is 0 Å². The number of nitrogens with one attached hydrogen (secondary N) is 1. The number of hydrogen-bond acceptors (Lipinski definition) is 3. The van der Waals surface area contributed by atoms with Gasteiger partial charge in [0.2, 0.25) is 0 Å². The van der Waals surface area contributed by atoms with Crippen LogP contribution in [0.25, 0.3) is 0 Å². The third-order valence-electron chi connectivity index (χ3n) is 7.50. The number of nitrogen functional groups attached to an aromatic ring is 1. The molecule has 1 atom stereocenters. The molecule has 0 aromatic heterocycles. The van der Waals surface area contributed by atoms with Crippen LogP contribution in [0.2, 0.25) is 0 Å². The Labute approximate surface area is 225 Å². The van der Waals surface area contributed by atoms with E-state index < -0.39 is 0 Å². The molecule has 3 rings (SSSR count). The lowest BCUT2D eigenvalue weighted by molar-refractivity contribution is 0.462. The molecule has 3 nitrogen and oxygen atoms in total. The molecule has 0 fully saturated rings. The van der Waals surface area contributed by atoms with Crippen LogP contribution in [0, 0.1) is 0 Å². The van der Waals surface area contributed by atoms with E-state index in [1.807, 2.05) is 18.2 Å². The van der Waals surface area contributed by atoms with Gasteiger partial charge in [-0.3, -0.25) is 0 Å². The van der Waals surface area contributed by atoms with E-state index in [4.69, 9.17) is 5.73 Å². The number of rotatable bonds is 10. The first kappa shape index (κ1) is 28.6. The highest BCUT2D eigenvalue weighted by Gasteiger charge is 2.21. The van der Waals surface area contributed by atoms with Gasteiger partial charge in [0, 0.05) is 16.9 Å². The summed E-state index contributed by atoms with van der Waals surface area (Å²) in [5.74, 6) is 1.86. The number of anilines is 2. The van der Waals surface area contributed by atoms with Gasteiger partial charge in [-0.25, -0.2) is 0 Å². The van der Waals surface area contributed by atoms with Gasteiger partial charge in [0.25, 0.3) is 0 Å². The number of hydrogen-bond donors (Lipinski definition) is 3. The molecule has 0 bridgehead atoms. The zero-order chi connectivity index (χ0) is 27.4. The molecule has 0 aliphatic carbocycles. The van der Waals surface area contributed by atoms with Gasteiger partial charge >= 0.3 is 0 Å². The second-order valence-corrected chi connectivity index (χ2v) is 11.8. The van der Waals surface area contributed by atoms with Gasteiger partial charge in [-0.2, -0.15) is 0 Å². The fourth-order valence-electron chi connectivity index (χ4n) is 5.34. The average molecular weight is 501 g/mol. The van der Waals surface area contributed by atoms with Crippen LogP contribution in [0.3, 0.4) is 0 Å². The maximum atomic E-state index is 10.5. The van der Waals surface area contributed by atoms with Crippen LogP contribution >= 0.6 is 0 Å². The Kier molecular flexibility index (Phi) is 9.34. The molecule has 0 radical (unpaired) electrons. The van der Waals surface area contributed by atoms with E-state index in [0.29, 0.717) is 29.4 Å². The van der Waals surface area contributed by atoms with Crippen LogP contribution in [-0.2, 0) is 6.42 Å². The number of para-hydroxylation sites is 1.